The Hall–Kier alpha value is -2.42. The number of carbonyl (C=O) groups excluding carboxylic acids is 1. The number of aliphatic hydroxyl groups excluding tert-OH is 1. The molecule has 3 N–H and O–H groups in total. The molecule has 28 heavy (non-hydrogen) atoms. The Morgan fingerprint density at radius 2 is 1.82 bits per heavy atom. The molecule has 3 rings (SSSR count). The highest BCUT2D eigenvalue weighted by molar-refractivity contribution is 7.90. The lowest BCUT2D eigenvalue weighted by molar-refractivity contribution is 0.0864. The van der Waals surface area contributed by atoms with Gasteiger partial charge >= 0.3 is 0 Å². The van der Waals surface area contributed by atoms with Crippen LogP contribution in [0.5, 0.6) is 5.75 Å². The van der Waals surface area contributed by atoms with Crippen LogP contribution in [0.15, 0.2) is 47.4 Å². The van der Waals surface area contributed by atoms with E-state index >= 15 is 0 Å². The molecule has 1 heterocycles. The summed E-state index contributed by atoms with van der Waals surface area (Å²) in [4.78, 5) is 12.5. The summed E-state index contributed by atoms with van der Waals surface area (Å²) < 4.78 is 26.2. The molecule has 1 aliphatic heterocycles. The Morgan fingerprint density at radius 3 is 2.46 bits per heavy atom. The molecular weight excluding hydrogens is 380 g/mol. The third-order valence-electron chi connectivity index (χ3n) is 4.54. The molecule has 1 unspecified atom stereocenters. The standard InChI is InChI=1S/C20H24N2O5S/c1-20(2,3)21-11-17(24)13-8-9-16(23)14(10-13)12-22-19(25)15-6-4-5-7-18(15)28(22,26)27/h4-10,17,21,23-24H,11-12H2,1-3H3. The molecule has 0 aliphatic carbocycles. The first-order valence-corrected chi connectivity index (χ1v) is 10.4. The summed E-state index contributed by atoms with van der Waals surface area (Å²) in [5, 5.41) is 23.8. The number of benzene rings is 2. The first-order chi connectivity index (χ1) is 13.0. The Balaban J connectivity index is 1.86. The minimum Gasteiger partial charge on any atom is -0.508 e. The van der Waals surface area contributed by atoms with Gasteiger partial charge in [0.05, 0.1) is 18.2 Å². The van der Waals surface area contributed by atoms with Crippen molar-refractivity contribution in [2.75, 3.05) is 6.54 Å². The van der Waals surface area contributed by atoms with Gasteiger partial charge in [-0.3, -0.25) is 4.79 Å². The first kappa shape index (κ1) is 20.3. The zero-order chi connectivity index (χ0) is 20.7. The molecule has 0 saturated heterocycles. The van der Waals surface area contributed by atoms with E-state index in [1.807, 2.05) is 20.8 Å². The number of phenolic OH excluding ortho intramolecular Hbond substituents is 1. The van der Waals surface area contributed by atoms with Crippen LogP contribution < -0.4 is 5.32 Å². The molecule has 7 nitrogen and oxygen atoms in total. The van der Waals surface area contributed by atoms with Crippen LogP contribution in [-0.4, -0.2) is 40.9 Å². The molecule has 0 aromatic heterocycles. The molecule has 2 aromatic carbocycles. The van der Waals surface area contributed by atoms with Crippen LogP contribution in [-0.2, 0) is 16.6 Å². The third kappa shape index (κ3) is 3.89. The first-order valence-electron chi connectivity index (χ1n) is 8.92. The van der Waals surface area contributed by atoms with Crippen LogP contribution in [0.3, 0.4) is 0 Å². The van der Waals surface area contributed by atoms with Crippen LogP contribution in [0.2, 0.25) is 0 Å². The van der Waals surface area contributed by atoms with Gasteiger partial charge in [0.2, 0.25) is 0 Å². The average molecular weight is 404 g/mol. The van der Waals surface area contributed by atoms with Crippen molar-refractivity contribution in [3.63, 3.8) is 0 Å². The van der Waals surface area contributed by atoms with Gasteiger partial charge in [0.25, 0.3) is 15.9 Å². The molecule has 8 heteroatoms. The van der Waals surface area contributed by atoms with Crippen molar-refractivity contribution in [1.29, 1.82) is 0 Å². The quantitative estimate of drug-likeness (QED) is 0.705. The normalized spacial score (nSPS) is 16.9. The monoisotopic (exact) mass is 404 g/mol. The van der Waals surface area contributed by atoms with Gasteiger partial charge in [0, 0.05) is 17.6 Å². The molecule has 0 saturated carbocycles. The van der Waals surface area contributed by atoms with E-state index in [1.54, 1.807) is 18.2 Å². The Labute approximate surface area is 164 Å². The number of nitrogens with zero attached hydrogens (tertiary/aromatic N) is 1. The maximum Gasteiger partial charge on any atom is 0.269 e. The van der Waals surface area contributed by atoms with Gasteiger partial charge in [-0.25, -0.2) is 12.7 Å². The Morgan fingerprint density at radius 1 is 1.14 bits per heavy atom. The molecule has 0 spiro atoms. The van der Waals surface area contributed by atoms with Gasteiger partial charge in [-0.05, 0) is 50.6 Å². The van der Waals surface area contributed by atoms with Gasteiger partial charge in [-0.2, -0.15) is 0 Å². The number of aliphatic hydroxyl groups is 1. The molecule has 0 bridgehead atoms. The molecule has 150 valence electrons. The number of phenols is 1. The minimum absolute atomic E-state index is 0.0370. The highest BCUT2D eigenvalue weighted by Crippen LogP contribution is 2.33. The summed E-state index contributed by atoms with van der Waals surface area (Å²) in [6.07, 6.45) is -0.846. The van der Waals surface area contributed by atoms with Crippen LogP contribution in [0.1, 0.15) is 48.4 Å². The van der Waals surface area contributed by atoms with E-state index in [2.05, 4.69) is 5.32 Å². The van der Waals surface area contributed by atoms with Gasteiger partial charge in [-0.1, -0.05) is 18.2 Å². The maximum atomic E-state index is 12.7. The molecular formula is C20H24N2O5S. The maximum absolute atomic E-state index is 12.7. The smallest absolute Gasteiger partial charge is 0.269 e. The summed E-state index contributed by atoms with van der Waals surface area (Å²) in [5.41, 5.74) is 0.707. The number of nitrogens with one attached hydrogen (secondary N) is 1. The van der Waals surface area contributed by atoms with E-state index in [0.717, 1.165) is 4.31 Å². The summed E-state index contributed by atoms with van der Waals surface area (Å²) in [6.45, 7) is 5.91. The van der Waals surface area contributed by atoms with Crippen molar-refractivity contribution < 1.29 is 23.4 Å². The van der Waals surface area contributed by atoms with Gasteiger partial charge in [-0.15, -0.1) is 0 Å². The predicted octanol–water partition coefficient (Wildman–Crippen LogP) is 2.16. The zero-order valence-corrected chi connectivity index (χ0v) is 16.8. The van der Waals surface area contributed by atoms with Crippen molar-refractivity contribution >= 4 is 15.9 Å². The lowest BCUT2D eigenvalue weighted by Crippen LogP contribution is -2.38. The second kappa shape index (κ2) is 7.20. The van der Waals surface area contributed by atoms with E-state index in [1.165, 1.54) is 24.3 Å². The molecule has 0 fully saturated rings. The molecule has 2 aromatic rings. The predicted molar refractivity (Wildman–Crippen MR) is 104 cm³/mol. The largest absolute Gasteiger partial charge is 0.508 e. The van der Waals surface area contributed by atoms with Gasteiger partial charge in [0.1, 0.15) is 10.6 Å². The summed E-state index contributed by atoms with van der Waals surface area (Å²) >= 11 is 0. The van der Waals surface area contributed by atoms with Crippen LogP contribution >= 0.6 is 0 Å². The number of hydrogen-bond donors (Lipinski definition) is 3. The molecule has 1 atom stereocenters. The second-order valence-corrected chi connectivity index (χ2v) is 9.68. The van der Waals surface area contributed by atoms with Crippen molar-refractivity contribution in [3.05, 3.63) is 59.2 Å². The second-order valence-electron chi connectivity index (χ2n) is 7.85. The number of β-amino-alcohol motifs (C(OH)–C–C–N with tert-alkyl or cyclic N) is 1. The zero-order valence-electron chi connectivity index (χ0n) is 16.0. The SMILES string of the molecule is CC(C)(C)NCC(O)c1ccc(O)c(CN2C(=O)c3ccccc3S2(=O)=O)c1. The third-order valence-corrected chi connectivity index (χ3v) is 6.33. The fraction of sp³-hybridized carbons (Fsp3) is 0.350. The lowest BCUT2D eigenvalue weighted by atomic mass is 10.0. The summed E-state index contributed by atoms with van der Waals surface area (Å²) in [6, 6.07) is 10.5. The Bertz CT molecular complexity index is 1010. The van der Waals surface area contributed by atoms with Crippen molar-refractivity contribution in [1.82, 2.24) is 9.62 Å². The van der Waals surface area contributed by atoms with Crippen LogP contribution in [0, 0.1) is 0 Å². The molecule has 0 radical (unpaired) electrons. The number of aromatic hydroxyl groups is 1. The number of hydrogen-bond acceptors (Lipinski definition) is 6. The topological polar surface area (TPSA) is 107 Å². The highest BCUT2D eigenvalue weighted by Gasteiger charge is 2.41. The molecule has 1 aliphatic rings. The highest BCUT2D eigenvalue weighted by atomic mass is 32.2. The summed E-state index contributed by atoms with van der Waals surface area (Å²) in [5.74, 6) is -0.769. The fourth-order valence-electron chi connectivity index (χ4n) is 3.00. The van der Waals surface area contributed by atoms with Crippen molar-refractivity contribution in [3.8, 4) is 5.75 Å². The van der Waals surface area contributed by atoms with Gasteiger partial charge in [0.15, 0.2) is 0 Å². The Kier molecular flexibility index (Phi) is 5.22. The molecule has 1 amide bonds. The van der Waals surface area contributed by atoms with Crippen LogP contribution in [0.4, 0.5) is 0 Å². The van der Waals surface area contributed by atoms with Crippen molar-refractivity contribution in [2.24, 2.45) is 0 Å². The van der Waals surface area contributed by atoms with E-state index in [-0.39, 0.29) is 33.9 Å². The number of sulfonamides is 1. The van der Waals surface area contributed by atoms with Gasteiger partial charge < -0.3 is 15.5 Å². The number of fused-ring (bicyclic) bond motifs is 1. The lowest BCUT2D eigenvalue weighted by Gasteiger charge is -2.23. The van der Waals surface area contributed by atoms with Crippen LogP contribution in [0.25, 0.3) is 0 Å². The van der Waals surface area contributed by atoms with E-state index in [0.29, 0.717) is 12.1 Å². The average Bonchev–Trinajstić information content (AvgIpc) is 2.82. The van der Waals surface area contributed by atoms with E-state index in [9.17, 15) is 23.4 Å². The van der Waals surface area contributed by atoms with E-state index in [4.69, 9.17) is 0 Å². The number of rotatable bonds is 5. The number of amides is 1. The summed E-state index contributed by atoms with van der Waals surface area (Å²) in [7, 11) is -3.98. The number of carbonyl (C=O) groups is 1. The minimum atomic E-state index is -3.98. The van der Waals surface area contributed by atoms with Crippen molar-refractivity contribution in [2.45, 2.75) is 43.9 Å². The fourth-order valence-corrected chi connectivity index (χ4v) is 4.55. The van der Waals surface area contributed by atoms with E-state index < -0.39 is 22.0 Å².